The van der Waals surface area contributed by atoms with Crippen molar-refractivity contribution < 1.29 is 13.2 Å². The lowest BCUT2D eigenvalue weighted by Gasteiger charge is -2.29. The Bertz CT molecular complexity index is 1090. The second-order valence-corrected chi connectivity index (χ2v) is 12.2. The molecule has 1 aromatic heterocycles. The first-order chi connectivity index (χ1) is 14.4. The lowest BCUT2D eigenvalue weighted by molar-refractivity contribution is -0.121. The van der Waals surface area contributed by atoms with Crippen LogP contribution in [0.4, 0.5) is 5.82 Å². The van der Waals surface area contributed by atoms with E-state index in [2.05, 4.69) is 5.32 Å². The van der Waals surface area contributed by atoms with Crippen LogP contribution in [0.15, 0.2) is 24.3 Å². The third-order valence-electron chi connectivity index (χ3n) is 6.65. The Balaban J connectivity index is 1.50. The number of carbonyl (C=O) groups excluding carboxylic acids is 1. The number of hydrogen-bond donors (Lipinski definition) is 1. The van der Waals surface area contributed by atoms with Crippen molar-refractivity contribution in [1.82, 2.24) is 9.78 Å². The van der Waals surface area contributed by atoms with E-state index < -0.39 is 15.3 Å². The van der Waals surface area contributed by atoms with Crippen LogP contribution in [-0.4, -0.2) is 35.6 Å². The average molecular weight is 466 g/mol. The van der Waals surface area contributed by atoms with Crippen molar-refractivity contribution in [2.75, 3.05) is 16.8 Å². The smallest absolute Gasteiger partial charge is 0.236 e. The molecule has 2 fully saturated rings. The zero-order valence-corrected chi connectivity index (χ0v) is 19.0. The molecule has 2 aromatic rings. The molecule has 6 nitrogen and oxygen atoms in total. The third-order valence-corrected chi connectivity index (χ3v) is 9.62. The zero-order chi connectivity index (χ0) is 20.9. The van der Waals surface area contributed by atoms with Gasteiger partial charge >= 0.3 is 0 Å². The number of nitrogens with one attached hydrogen (secondary N) is 1. The summed E-state index contributed by atoms with van der Waals surface area (Å²) in [5, 5.41) is 8.59. The van der Waals surface area contributed by atoms with E-state index >= 15 is 0 Å². The van der Waals surface area contributed by atoms with Crippen molar-refractivity contribution in [1.29, 1.82) is 0 Å². The normalized spacial score (nSPS) is 24.1. The van der Waals surface area contributed by atoms with Crippen molar-refractivity contribution >= 4 is 44.9 Å². The molecular formula is C21H24ClN3O3S2. The van der Waals surface area contributed by atoms with E-state index in [1.807, 2.05) is 24.3 Å². The summed E-state index contributed by atoms with van der Waals surface area (Å²) in [6.45, 7) is 0. The van der Waals surface area contributed by atoms with Crippen LogP contribution in [0.25, 0.3) is 0 Å². The van der Waals surface area contributed by atoms with Crippen LogP contribution in [-0.2, 0) is 31.6 Å². The van der Waals surface area contributed by atoms with Gasteiger partial charge in [0.2, 0.25) is 5.91 Å². The number of amides is 1. The fourth-order valence-electron chi connectivity index (χ4n) is 5.02. The van der Waals surface area contributed by atoms with Crippen LogP contribution in [0.2, 0.25) is 5.02 Å². The molecule has 160 valence electrons. The molecule has 1 aromatic carbocycles. The number of fused-ring (bicyclic) bond motifs is 1. The Kier molecular flexibility index (Phi) is 5.14. The molecule has 0 spiro atoms. The summed E-state index contributed by atoms with van der Waals surface area (Å²) >= 11 is 7.85. The number of hydrogen-bond acceptors (Lipinski definition) is 5. The fraction of sp³-hybridized carbons (Fsp3) is 0.524. The standard InChI is InChI=1S/C21H24ClN3O3S2/c22-15-5-3-14(4-6-15)21(8-1-2-9-21)20(26)23-19-17-11-29-12-18(17)24-25(19)16-7-10-30(27,28)13-16/h3-6,16H,1-2,7-13H2,(H,23,26). The predicted molar refractivity (Wildman–Crippen MR) is 120 cm³/mol. The van der Waals surface area contributed by atoms with E-state index in [-0.39, 0.29) is 23.5 Å². The minimum absolute atomic E-state index is 0.0240. The third kappa shape index (κ3) is 3.46. The van der Waals surface area contributed by atoms with Gasteiger partial charge in [0.1, 0.15) is 5.82 Å². The van der Waals surface area contributed by atoms with Gasteiger partial charge in [-0.25, -0.2) is 13.1 Å². The van der Waals surface area contributed by atoms with E-state index in [0.717, 1.165) is 54.0 Å². The lowest BCUT2D eigenvalue weighted by Crippen LogP contribution is -2.39. The molecule has 1 aliphatic carbocycles. The Labute approximate surface area is 185 Å². The number of nitrogens with zero attached hydrogens (tertiary/aromatic N) is 2. The van der Waals surface area contributed by atoms with Gasteiger partial charge in [-0.05, 0) is 37.0 Å². The van der Waals surface area contributed by atoms with Crippen LogP contribution in [0.3, 0.4) is 0 Å². The highest BCUT2D eigenvalue weighted by Gasteiger charge is 2.44. The molecule has 1 saturated carbocycles. The van der Waals surface area contributed by atoms with Gasteiger partial charge in [0.25, 0.3) is 0 Å². The summed E-state index contributed by atoms with van der Waals surface area (Å²) in [7, 11) is -3.05. The number of anilines is 1. The van der Waals surface area contributed by atoms with Gasteiger partial charge in [-0.3, -0.25) is 4.79 Å². The van der Waals surface area contributed by atoms with Crippen LogP contribution >= 0.6 is 23.4 Å². The molecule has 2 aliphatic heterocycles. The van der Waals surface area contributed by atoms with E-state index in [0.29, 0.717) is 17.3 Å². The molecule has 5 rings (SSSR count). The van der Waals surface area contributed by atoms with Crippen LogP contribution in [0.1, 0.15) is 55.0 Å². The number of benzene rings is 1. The minimum atomic E-state index is -3.05. The number of aromatic nitrogens is 2. The maximum atomic E-state index is 13.7. The molecule has 3 aliphatic rings. The first kappa shape index (κ1) is 20.4. The molecule has 9 heteroatoms. The molecule has 1 atom stereocenters. The monoisotopic (exact) mass is 465 g/mol. The lowest BCUT2D eigenvalue weighted by atomic mass is 9.78. The Morgan fingerprint density at radius 3 is 2.60 bits per heavy atom. The Morgan fingerprint density at radius 2 is 1.93 bits per heavy atom. The maximum Gasteiger partial charge on any atom is 0.236 e. The maximum absolute atomic E-state index is 13.7. The number of rotatable bonds is 4. The summed E-state index contributed by atoms with van der Waals surface area (Å²) < 4.78 is 25.9. The highest BCUT2D eigenvalue weighted by Crippen LogP contribution is 2.44. The topological polar surface area (TPSA) is 81.1 Å². The molecule has 1 unspecified atom stereocenters. The molecule has 3 heterocycles. The summed E-state index contributed by atoms with van der Waals surface area (Å²) in [6, 6.07) is 7.37. The SMILES string of the molecule is O=C(Nc1c2c(nn1C1CCS(=O)(=O)C1)CSC2)C1(c2ccc(Cl)cc2)CCCC1. The molecule has 0 radical (unpaired) electrons. The highest BCUT2D eigenvalue weighted by molar-refractivity contribution is 7.98. The van der Waals surface area contributed by atoms with Gasteiger partial charge in [-0.2, -0.15) is 16.9 Å². The number of thioether (sulfide) groups is 1. The number of carbonyl (C=O) groups is 1. The molecular weight excluding hydrogens is 442 g/mol. The van der Waals surface area contributed by atoms with Gasteiger partial charge in [-0.15, -0.1) is 0 Å². The minimum Gasteiger partial charge on any atom is -0.310 e. The molecule has 1 N–H and O–H groups in total. The summed E-state index contributed by atoms with van der Waals surface area (Å²) in [4.78, 5) is 13.7. The van der Waals surface area contributed by atoms with E-state index in [1.165, 1.54) is 0 Å². The van der Waals surface area contributed by atoms with Gasteiger partial charge in [-0.1, -0.05) is 36.6 Å². The summed E-state index contributed by atoms with van der Waals surface area (Å²) in [6.07, 6.45) is 4.14. The number of halogens is 1. The Hall–Kier alpha value is -1.51. The number of sulfone groups is 1. The second-order valence-electron chi connectivity index (χ2n) is 8.52. The van der Waals surface area contributed by atoms with Gasteiger partial charge < -0.3 is 5.32 Å². The van der Waals surface area contributed by atoms with Crippen molar-refractivity contribution in [3.05, 3.63) is 46.1 Å². The van der Waals surface area contributed by atoms with E-state index in [9.17, 15) is 13.2 Å². The quantitative estimate of drug-likeness (QED) is 0.735. The second kappa shape index (κ2) is 7.57. The van der Waals surface area contributed by atoms with Crippen LogP contribution < -0.4 is 5.32 Å². The van der Waals surface area contributed by atoms with Gasteiger partial charge in [0.15, 0.2) is 9.84 Å². The van der Waals surface area contributed by atoms with E-state index in [4.69, 9.17) is 16.7 Å². The van der Waals surface area contributed by atoms with E-state index in [1.54, 1.807) is 16.4 Å². The van der Waals surface area contributed by atoms with Crippen molar-refractivity contribution in [3.63, 3.8) is 0 Å². The van der Waals surface area contributed by atoms with Crippen LogP contribution in [0, 0.1) is 0 Å². The first-order valence-corrected chi connectivity index (χ1v) is 13.7. The van der Waals surface area contributed by atoms with Gasteiger partial charge in [0.05, 0.1) is 28.7 Å². The van der Waals surface area contributed by atoms with Crippen molar-refractivity contribution in [2.45, 2.75) is 55.1 Å². The molecule has 30 heavy (non-hydrogen) atoms. The molecule has 1 amide bonds. The predicted octanol–water partition coefficient (Wildman–Crippen LogP) is 4.09. The van der Waals surface area contributed by atoms with Gasteiger partial charge in [0, 0.05) is 22.1 Å². The zero-order valence-electron chi connectivity index (χ0n) is 16.6. The average Bonchev–Trinajstić information content (AvgIpc) is 3.47. The first-order valence-electron chi connectivity index (χ1n) is 10.3. The largest absolute Gasteiger partial charge is 0.310 e. The Morgan fingerprint density at radius 1 is 1.20 bits per heavy atom. The molecule has 0 bridgehead atoms. The summed E-state index contributed by atoms with van der Waals surface area (Å²) in [5.41, 5.74) is 2.41. The van der Waals surface area contributed by atoms with Crippen molar-refractivity contribution in [2.24, 2.45) is 0 Å². The van der Waals surface area contributed by atoms with Crippen LogP contribution in [0.5, 0.6) is 0 Å². The fourth-order valence-corrected chi connectivity index (χ4v) is 7.87. The molecule has 1 saturated heterocycles. The highest BCUT2D eigenvalue weighted by atomic mass is 35.5. The summed E-state index contributed by atoms with van der Waals surface area (Å²) in [5.74, 6) is 2.53. The van der Waals surface area contributed by atoms with Crippen molar-refractivity contribution in [3.8, 4) is 0 Å².